The van der Waals surface area contributed by atoms with Gasteiger partial charge in [-0.3, -0.25) is 0 Å². The monoisotopic (exact) mass is 128 g/mol. The fraction of sp³-hybridized carbons (Fsp3) is 1.00. The fourth-order valence-electron chi connectivity index (χ4n) is 1.49. The summed E-state index contributed by atoms with van der Waals surface area (Å²) in [5.74, 6) is 0. The van der Waals surface area contributed by atoms with Crippen molar-refractivity contribution in [2.45, 2.75) is 31.2 Å². The van der Waals surface area contributed by atoms with E-state index in [1.807, 2.05) is 7.05 Å². The highest BCUT2D eigenvalue weighted by molar-refractivity contribution is 5.06. The Bertz CT molecular complexity index is 80.9. The van der Waals surface area contributed by atoms with Gasteiger partial charge in [0.05, 0.1) is 0 Å². The Morgan fingerprint density at radius 2 is 2.00 bits per heavy atom. The summed E-state index contributed by atoms with van der Waals surface area (Å²) in [5, 5.41) is 13.1. The Morgan fingerprint density at radius 3 is 2.22 bits per heavy atom. The highest BCUT2D eigenvalue weighted by atomic mass is 16.3. The van der Waals surface area contributed by atoms with E-state index in [0.717, 1.165) is 12.8 Å². The number of likely N-dealkylation sites (N-methyl/N-ethyl adjacent to an activating group) is 1. The second kappa shape index (κ2) is 2.67. The largest absolute Gasteiger partial charge is 0.658 e. The maximum absolute atomic E-state index is 8.92. The SMILES string of the molecule is C[N-]C1(CO)CCCC1. The van der Waals surface area contributed by atoms with Crippen LogP contribution < -0.4 is 0 Å². The number of aliphatic hydroxyl groups excluding tert-OH is 1. The van der Waals surface area contributed by atoms with Crippen molar-refractivity contribution in [1.82, 2.24) is 0 Å². The molecule has 0 aromatic carbocycles. The zero-order valence-electron chi connectivity index (χ0n) is 5.93. The van der Waals surface area contributed by atoms with Crippen LogP contribution in [0.2, 0.25) is 0 Å². The number of aliphatic hydroxyl groups is 1. The van der Waals surface area contributed by atoms with Crippen LogP contribution in [-0.2, 0) is 0 Å². The summed E-state index contributed by atoms with van der Waals surface area (Å²) in [6.45, 7) is 0.240. The molecule has 54 valence electrons. The second-order valence-corrected chi connectivity index (χ2v) is 2.81. The minimum atomic E-state index is -0.0417. The lowest BCUT2D eigenvalue weighted by Gasteiger charge is -2.39. The molecule has 0 aromatic heterocycles. The molecule has 0 unspecified atom stereocenters. The average molecular weight is 128 g/mol. The van der Waals surface area contributed by atoms with Gasteiger partial charge in [-0.1, -0.05) is 25.7 Å². The van der Waals surface area contributed by atoms with Crippen LogP contribution in [-0.4, -0.2) is 24.3 Å². The first-order valence-electron chi connectivity index (χ1n) is 3.55. The molecule has 0 radical (unpaired) electrons. The van der Waals surface area contributed by atoms with Gasteiger partial charge in [-0.25, -0.2) is 0 Å². The van der Waals surface area contributed by atoms with E-state index in [9.17, 15) is 0 Å². The topological polar surface area (TPSA) is 34.3 Å². The molecule has 2 nitrogen and oxygen atoms in total. The Labute approximate surface area is 56.3 Å². The number of hydrogen-bond acceptors (Lipinski definition) is 1. The van der Waals surface area contributed by atoms with Gasteiger partial charge in [0.1, 0.15) is 0 Å². The van der Waals surface area contributed by atoms with Crippen molar-refractivity contribution < 1.29 is 5.11 Å². The molecule has 1 aliphatic carbocycles. The zero-order chi connectivity index (χ0) is 6.74. The van der Waals surface area contributed by atoms with Crippen LogP contribution >= 0.6 is 0 Å². The van der Waals surface area contributed by atoms with Crippen molar-refractivity contribution in [2.24, 2.45) is 0 Å². The van der Waals surface area contributed by atoms with Crippen LogP contribution in [0.3, 0.4) is 0 Å². The van der Waals surface area contributed by atoms with E-state index in [-0.39, 0.29) is 12.1 Å². The molecule has 0 spiro atoms. The molecular formula is C7H14NO-. The van der Waals surface area contributed by atoms with Gasteiger partial charge in [0.2, 0.25) is 0 Å². The summed E-state index contributed by atoms with van der Waals surface area (Å²) in [7, 11) is 1.81. The summed E-state index contributed by atoms with van der Waals surface area (Å²) >= 11 is 0. The van der Waals surface area contributed by atoms with Gasteiger partial charge in [-0.05, 0) is 0 Å². The van der Waals surface area contributed by atoms with Crippen molar-refractivity contribution in [3.8, 4) is 0 Å². The van der Waals surface area contributed by atoms with Gasteiger partial charge in [0.25, 0.3) is 0 Å². The van der Waals surface area contributed by atoms with Crippen molar-refractivity contribution in [3.63, 3.8) is 0 Å². The molecule has 0 aliphatic heterocycles. The van der Waals surface area contributed by atoms with E-state index in [0.29, 0.717) is 0 Å². The van der Waals surface area contributed by atoms with Gasteiger partial charge in [-0.2, -0.15) is 7.05 Å². The minimum Gasteiger partial charge on any atom is -0.658 e. The molecule has 0 saturated heterocycles. The third-order valence-electron chi connectivity index (χ3n) is 2.30. The molecule has 1 saturated carbocycles. The van der Waals surface area contributed by atoms with Gasteiger partial charge in [-0.15, -0.1) is 5.54 Å². The Balaban J connectivity index is 2.45. The van der Waals surface area contributed by atoms with Crippen LogP contribution in [0.1, 0.15) is 25.7 Å². The predicted octanol–water partition coefficient (Wildman–Crippen LogP) is 1.29. The summed E-state index contributed by atoms with van der Waals surface area (Å²) in [4.78, 5) is 0. The molecular weight excluding hydrogens is 114 g/mol. The summed E-state index contributed by atoms with van der Waals surface area (Å²) in [6.07, 6.45) is 4.63. The van der Waals surface area contributed by atoms with Gasteiger partial charge in [0, 0.05) is 6.61 Å². The first-order chi connectivity index (χ1) is 4.33. The number of nitrogens with zero attached hydrogens (tertiary/aromatic N) is 1. The molecule has 1 aliphatic rings. The molecule has 1 fully saturated rings. The van der Waals surface area contributed by atoms with E-state index in [1.54, 1.807) is 0 Å². The lowest BCUT2D eigenvalue weighted by molar-refractivity contribution is 0.220. The molecule has 0 heterocycles. The van der Waals surface area contributed by atoms with E-state index in [4.69, 9.17) is 5.11 Å². The summed E-state index contributed by atoms with van der Waals surface area (Å²) in [5.41, 5.74) is -0.0417. The predicted molar refractivity (Wildman–Crippen MR) is 37.6 cm³/mol. The third-order valence-corrected chi connectivity index (χ3v) is 2.30. The van der Waals surface area contributed by atoms with Crippen LogP contribution in [0.25, 0.3) is 5.32 Å². The second-order valence-electron chi connectivity index (χ2n) is 2.81. The zero-order valence-corrected chi connectivity index (χ0v) is 5.93. The standard InChI is InChI=1S/C7H14NO/c1-8-7(6-9)4-2-3-5-7/h9H,2-6H2,1H3/q-1. The number of hydrogen-bond donors (Lipinski definition) is 1. The van der Waals surface area contributed by atoms with E-state index in [1.165, 1.54) is 12.8 Å². The molecule has 1 rings (SSSR count). The van der Waals surface area contributed by atoms with E-state index >= 15 is 0 Å². The number of rotatable bonds is 2. The van der Waals surface area contributed by atoms with Crippen LogP contribution in [0.5, 0.6) is 0 Å². The van der Waals surface area contributed by atoms with Crippen LogP contribution in [0.4, 0.5) is 0 Å². The Hall–Kier alpha value is -0.0800. The highest BCUT2D eigenvalue weighted by Crippen LogP contribution is 2.34. The normalized spacial score (nSPS) is 24.7. The van der Waals surface area contributed by atoms with Crippen LogP contribution in [0, 0.1) is 0 Å². The third kappa shape index (κ3) is 1.25. The van der Waals surface area contributed by atoms with Crippen molar-refractivity contribution >= 4 is 0 Å². The molecule has 0 atom stereocenters. The molecule has 2 heteroatoms. The minimum absolute atomic E-state index is 0.0417. The maximum atomic E-state index is 8.92. The highest BCUT2D eigenvalue weighted by Gasteiger charge is 2.22. The quantitative estimate of drug-likeness (QED) is 0.597. The first kappa shape index (κ1) is 7.03. The smallest absolute Gasteiger partial charge is 0.0298 e. The molecule has 0 aromatic rings. The lowest BCUT2D eigenvalue weighted by Crippen LogP contribution is -2.27. The lowest BCUT2D eigenvalue weighted by atomic mass is 10.00. The van der Waals surface area contributed by atoms with E-state index in [2.05, 4.69) is 5.32 Å². The fourth-order valence-corrected chi connectivity index (χ4v) is 1.49. The molecule has 0 amide bonds. The Kier molecular flexibility index (Phi) is 2.09. The van der Waals surface area contributed by atoms with Gasteiger partial charge in [0.15, 0.2) is 0 Å². The van der Waals surface area contributed by atoms with Crippen molar-refractivity contribution in [2.75, 3.05) is 13.7 Å². The maximum Gasteiger partial charge on any atom is 0.0298 e. The summed E-state index contributed by atoms with van der Waals surface area (Å²) < 4.78 is 0. The first-order valence-corrected chi connectivity index (χ1v) is 3.55. The molecule has 1 N–H and O–H groups in total. The van der Waals surface area contributed by atoms with E-state index < -0.39 is 0 Å². The van der Waals surface area contributed by atoms with Crippen molar-refractivity contribution in [1.29, 1.82) is 0 Å². The van der Waals surface area contributed by atoms with Gasteiger partial charge < -0.3 is 10.4 Å². The summed E-state index contributed by atoms with van der Waals surface area (Å²) in [6, 6.07) is 0. The average Bonchev–Trinajstić information content (AvgIpc) is 2.36. The Morgan fingerprint density at radius 1 is 1.44 bits per heavy atom. The molecule has 0 bridgehead atoms. The molecule has 9 heavy (non-hydrogen) atoms. The van der Waals surface area contributed by atoms with Crippen molar-refractivity contribution in [3.05, 3.63) is 5.32 Å². The van der Waals surface area contributed by atoms with Crippen LogP contribution in [0.15, 0.2) is 0 Å². The van der Waals surface area contributed by atoms with Gasteiger partial charge >= 0.3 is 0 Å².